The minimum Gasteiger partial charge on any atom is -0.349 e. The van der Waals surface area contributed by atoms with Crippen LogP contribution in [0.3, 0.4) is 0 Å². The van der Waals surface area contributed by atoms with Crippen LogP contribution in [0.25, 0.3) is 22.3 Å². The predicted octanol–water partition coefficient (Wildman–Crippen LogP) is 2.67. The van der Waals surface area contributed by atoms with Gasteiger partial charge in [-0.25, -0.2) is 4.98 Å². The Hall–Kier alpha value is -3.61. The Balaban J connectivity index is 1.56. The highest BCUT2D eigenvalue weighted by Crippen LogP contribution is 2.66. The normalized spacial score (nSPS) is 22.3. The molecule has 2 aliphatic rings. The summed E-state index contributed by atoms with van der Waals surface area (Å²) in [6.45, 7) is 0. The van der Waals surface area contributed by atoms with Gasteiger partial charge in [-0.15, -0.1) is 0 Å². The van der Waals surface area contributed by atoms with Gasteiger partial charge >= 0.3 is 0 Å². The Morgan fingerprint density at radius 3 is 2.70 bits per heavy atom. The summed E-state index contributed by atoms with van der Waals surface area (Å²) in [5.41, 5.74) is 4.83. The standard InChI is InChI=1S/C23H21N5O2/c1-26-11-14(13-8-17(25-20(13)21(26)29)19-10-24-12-27(19)2)16-9-23(16)15-6-4-5-7-18(15)28(3)22(23)30/h4-8,10-12,16,25H,9H2,1-3H3. The van der Waals surface area contributed by atoms with Crippen LogP contribution in [-0.2, 0) is 24.3 Å². The van der Waals surface area contributed by atoms with Crippen molar-refractivity contribution in [3.63, 3.8) is 0 Å². The first-order valence-electron chi connectivity index (χ1n) is 10.00. The second kappa shape index (κ2) is 5.50. The lowest BCUT2D eigenvalue weighted by atomic mass is 9.91. The van der Waals surface area contributed by atoms with Crippen molar-refractivity contribution in [3.05, 3.63) is 70.5 Å². The summed E-state index contributed by atoms with van der Waals surface area (Å²) in [5, 5.41) is 0.885. The zero-order chi connectivity index (χ0) is 20.8. The molecule has 1 saturated carbocycles. The van der Waals surface area contributed by atoms with E-state index in [1.54, 1.807) is 29.0 Å². The molecule has 7 nitrogen and oxygen atoms in total. The zero-order valence-electron chi connectivity index (χ0n) is 17.0. The molecule has 0 bridgehead atoms. The summed E-state index contributed by atoms with van der Waals surface area (Å²) >= 11 is 0. The molecule has 1 N–H and O–H groups in total. The Bertz CT molecular complexity index is 1430. The van der Waals surface area contributed by atoms with Crippen molar-refractivity contribution in [2.45, 2.75) is 17.8 Å². The van der Waals surface area contributed by atoms with E-state index in [2.05, 4.69) is 16.0 Å². The summed E-state index contributed by atoms with van der Waals surface area (Å²) in [7, 11) is 5.53. The van der Waals surface area contributed by atoms with E-state index >= 15 is 0 Å². The highest BCUT2D eigenvalue weighted by molar-refractivity contribution is 6.11. The molecule has 1 aliphatic carbocycles. The quantitative estimate of drug-likeness (QED) is 0.563. The zero-order valence-corrected chi connectivity index (χ0v) is 17.0. The number of benzene rings is 1. The van der Waals surface area contributed by atoms with E-state index in [9.17, 15) is 9.59 Å². The number of pyridine rings is 1. The van der Waals surface area contributed by atoms with Crippen LogP contribution < -0.4 is 10.5 Å². The molecule has 0 saturated heterocycles. The minimum absolute atomic E-state index is 0.0422. The molecule has 1 amide bonds. The summed E-state index contributed by atoms with van der Waals surface area (Å²) in [6, 6.07) is 10.0. The number of anilines is 1. The van der Waals surface area contributed by atoms with Crippen molar-refractivity contribution < 1.29 is 4.79 Å². The largest absolute Gasteiger partial charge is 0.349 e. The predicted molar refractivity (Wildman–Crippen MR) is 115 cm³/mol. The van der Waals surface area contributed by atoms with E-state index in [4.69, 9.17) is 0 Å². The number of carbonyl (C=O) groups is 1. The second-order valence-electron chi connectivity index (χ2n) is 8.47. The number of hydrogen-bond acceptors (Lipinski definition) is 3. The van der Waals surface area contributed by atoms with Gasteiger partial charge in [0.1, 0.15) is 5.52 Å². The van der Waals surface area contributed by atoms with Gasteiger partial charge in [-0.1, -0.05) is 18.2 Å². The van der Waals surface area contributed by atoms with Gasteiger partial charge in [0, 0.05) is 44.3 Å². The second-order valence-corrected chi connectivity index (χ2v) is 8.47. The van der Waals surface area contributed by atoms with Crippen LogP contribution in [0.4, 0.5) is 5.69 Å². The Morgan fingerprint density at radius 2 is 1.93 bits per heavy atom. The molecule has 1 spiro atoms. The fourth-order valence-electron chi connectivity index (χ4n) is 5.24. The minimum atomic E-state index is -0.528. The average Bonchev–Trinajstić information content (AvgIpc) is 2.99. The van der Waals surface area contributed by atoms with Crippen molar-refractivity contribution in [1.82, 2.24) is 19.1 Å². The van der Waals surface area contributed by atoms with Crippen molar-refractivity contribution in [2.24, 2.45) is 14.1 Å². The van der Waals surface area contributed by atoms with Crippen LogP contribution in [0, 0.1) is 0 Å². The number of para-hydroxylation sites is 1. The Labute approximate surface area is 172 Å². The maximum Gasteiger partial charge on any atom is 0.274 e. The molecule has 4 aromatic rings. The highest BCUT2D eigenvalue weighted by atomic mass is 16.2. The van der Waals surface area contributed by atoms with Gasteiger partial charge in [-0.05, 0) is 29.7 Å². The molecule has 4 heterocycles. The summed E-state index contributed by atoms with van der Waals surface area (Å²) in [4.78, 5) is 35.4. The molecule has 0 radical (unpaired) electrons. The van der Waals surface area contributed by atoms with Gasteiger partial charge in [-0.3, -0.25) is 9.59 Å². The summed E-state index contributed by atoms with van der Waals surface area (Å²) < 4.78 is 3.53. The number of amides is 1. The number of aromatic amines is 1. The van der Waals surface area contributed by atoms with Crippen LogP contribution in [0.1, 0.15) is 23.5 Å². The Kier molecular flexibility index (Phi) is 3.17. The first-order chi connectivity index (χ1) is 14.4. The molecule has 1 aliphatic heterocycles. The first kappa shape index (κ1) is 17.3. The van der Waals surface area contributed by atoms with Gasteiger partial charge in [-0.2, -0.15) is 0 Å². The van der Waals surface area contributed by atoms with E-state index in [0.717, 1.165) is 40.0 Å². The number of fused-ring (bicyclic) bond motifs is 3. The molecular weight excluding hydrogens is 378 g/mol. The third kappa shape index (κ3) is 1.97. The third-order valence-electron chi connectivity index (χ3n) is 6.86. The van der Waals surface area contributed by atoms with E-state index in [1.807, 2.05) is 49.1 Å². The molecule has 2 unspecified atom stereocenters. The number of rotatable bonds is 2. The van der Waals surface area contributed by atoms with Gasteiger partial charge in [0.2, 0.25) is 5.91 Å². The number of carbonyl (C=O) groups excluding carboxylic acids is 1. The number of hydrogen-bond donors (Lipinski definition) is 1. The molecule has 2 atom stereocenters. The fourth-order valence-corrected chi connectivity index (χ4v) is 5.24. The number of nitrogens with zero attached hydrogens (tertiary/aromatic N) is 4. The number of imidazole rings is 1. The van der Waals surface area contributed by atoms with Gasteiger partial charge < -0.3 is 19.0 Å². The average molecular weight is 399 g/mol. The SMILES string of the molecule is CN1C(=O)C2(CC2c2cn(C)c(=O)c3[nH]c(-c4cncn4C)cc23)c2ccccc21. The molecule has 3 aromatic heterocycles. The Morgan fingerprint density at radius 1 is 1.13 bits per heavy atom. The van der Waals surface area contributed by atoms with Crippen molar-refractivity contribution in [2.75, 3.05) is 11.9 Å². The van der Waals surface area contributed by atoms with Crippen LogP contribution in [-0.4, -0.2) is 32.1 Å². The van der Waals surface area contributed by atoms with Gasteiger partial charge in [0.05, 0.1) is 29.3 Å². The smallest absolute Gasteiger partial charge is 0.274 e. The number of likely N-dealkylation sites (N-methyl/N-ethyl adjacent to an activating group) is 1. The van der Waals surface area contributed by atoms with Crippen molar-refractivity contribution in [3.8, 4) is 11.4 Å². The number of H-pyrrole nitrogens is 1. The maximum absolute atomic E-state index is 13.3. The number of nitrogens with one attached hydrogen (secondary N) is 1. The van der Waals surface area contributed by atoms with Crippen molar-refractivity contribution in [1.29, 1.82) is 0 Å². The fraction of sp³-hybridized carbons (Fsp3) is 0.261. The molecular formula is C23H21N5O2. The summed E-state index contributed by atoms with van der Waals surface area (Å²) in [5.74, 6) is 0.179. The lowest BCUT2D eigenvalue weighted by Gasteiger charge is -2.12. The van der Waals surface area contributed by atoms with E-state index in [0.29, 0.717) is 5.52 Å². The van der Waals surface area contributed by atoms with Gasteiger partial charge in [0.15, 0.2) is 0 Å². The molecule has 1 aromatic carbocycles. The lowest BCUT2D eigenvalue weighted by molar-refractivity contribution is -0.120. The van der Waals surface area contributed by atoms with Crippen LogP contribution in [0.5, 0.6) is 0 Å². The molecule has 7 heteroatoms. The molecule has 30 heavy (non-hydrogen) atoms. The number of aromatic nitrogens is 4. The summed E-state index contributed by atoms with van der Waals surface area (Å²) in [6.07, 6.45) is 6.17. The molecule has 1 fully saturated rings. The molecule has 150 valence electrons. The van der Waals surface area contributed by atoms with E-state index in [-0.39, 0.29) is 17.4 Å². The van der Waals surface area contributed by atoms with Crippen LogP contribution in [0.2, 0.25) is 0 Å². The lowest BCUT2D eigenvalue weighted by Crippen LogP contribution is -2.29. The van der Waals surface area contributed by atoms with Crippen LogP contribution in [0.15, 0.2) is 53.8 Å². The van der Waals surface area contributed by atoms with Crippen LogP contribution >= 0.6 is 0 Å². The van der Waals surface area contributed by atoms with E-state index < -0.39 is 5.41 Å². The number of aryl methyl sites for hydroxylation is 2. The maximum atomic E-state index is 13.3. The van der Waals surface area contributed by atoms with E-state index in [1.165, 1.54) is 0 Å². The topological polar surface area (TPSA) is 75.9 Å². The third-order valence-corrected chi connectivity index (χ3v) is 6.86. The van der Waals surface area contributed by atoms with Crippen molar-refractivity contribution >= 4 is 22.5 Å². The monoisotopic (exact) mass is 399 g/mol. The van der Waals surface area contributed by atoms with Gasteiger partial charge in [0.25, 0.3) is 5.56 Å². The molecule has 6 rings (SSSR count). The first-order valence-corrected chi connectivity index (χ1v) is 10.00. The highest BCUT2D eigenvalue weighted by Gasteiger charge is 2.67.